The van der Waals surface area contributed by atoms with Crippen molar-refractivity contribution in [1.82, 2.24) is 4.98 Å². The highest BCUT2D eigenvalue weighted by Crippen LogP contribution is 2.19. The van der Waals surface area contributed by atoms with E-state index in [1.807, 2.05) is 19.1 Å². The van der Waals surface area contributed by atoms with E-state index in [1.54, 1.807) is 6.20 Å². The smallest absolute Gasteiger partial charge is 0.180 e. The van der Waals surface area contributed by atoms with Gasteiger partial charge in [-0.1, -0.05) is 6.92 Å². The maximum atomic E-state index is 11.5. The Hall–Kier alpha value is -1.42. The number of rotatable bonds is 3. The summed E-state index contributed by atoms with van der Waals surface area (Å²) in [6.07, 6.45) is 2.74. The number of ketones is 1. The molecule has 98 valence electrons. The molecule has 2 atom stereocenters. The van der Waals surface area contributed by atoms with E-state index in [2.05, 4.69) is 23.7 Å². The van der Waals surface area contributed by atoms with Crippen LogP contribution in [0.1, 0.15) is 37.7 Å². The van der Waals surface area contributed by atoms with Crippen molar-refractivity contribution < 1.29 is 9.53 Å². The third-order valence-corrected chi connectivity index (χ3v) is 3.14. The number of nitrogens with zero attached hydrogens (tertiary/aromatic N) is 2. The highest BCUT2D eigenvalue weighted by molar-refractivity contribution is 5.94. The second-order valence-corrected chi connectivity index (χ2v) is 4.84. The Morgan fingerprint density at radius 3 is 2.56 bits per heavy atom. The Morgan fingerprint density at radius 1 is 1.39 bits per heavy atom. The Kier molecular flexibility index (Phi) is 3.97. The highest BCUT2D eigenvalue weighted by atomic mass is 16.5. The summed E-state index contributed by atoms with van der Waals surface area (Å²) >= 11 is 0. The summed E-state index contributed by atoms with van der Waals surface area (Å²) in [5.41, 5.74) is 1.61. The Balaban J connectivity index is 2.11. The van der Waals surface area contributed by atoms with Crippen LogP contribution in [0.4, 0.5) is 5.69 Å². The molecule has 1 fully saturated rings. The van der Waals surface area contributed by atoms with Gasteiger partial charge in [0.15, 0.2) is 5.78 Å². The predicted molar refractivity (Wildman–Crippen MR) is 71.1 cm³/mol. The molecule has 4 nitrogen and oxygen atoms in total. The lowest BCUT2D eigenvalue weighted by Gasteiger charge is -2.36. The summed E-state index contributed by atoms with van der Waals surface area (Å²) in [7, 11) is 0. The van der Waals surface area contributed by atoms with Crippen LogP contribution in [-0.2, 0) is 4.74 Å². The molecule has 1 aromatic rings. The van der Waals surface area contributed by atoms with E-state index < -0.39 is 0 Å². The molecule has 0 bridgehead atoms. The van der Waals surface area contributed by atoms with Crippen molar-refractivity contribution in [3.8, 4) is 0 Å². The molecule has 0 amide bonds. The number of aromatic nitrogens is 1. The second-order valence-electron chi connectivity index (χ2n) is 4.84. The molecule has 1 aromatic heterocycles. The van der Waals surface area contributed by atoms with Gasteiger partial charge in [0.2, 0.25) is 0 Å². The minimum Gasteiger partial charge on any atom is -0.372 e. The Morgan fingerprint density at radius 2 is 2.06 bits per heavy atom. The molecule has 0 spiro atoms. The van der Waals surface area contributed by atoms with E-state index >= 15 is 0 Å². The molecular weight excluding hydrogens is 228 g/mol. The van der Waals surface area contributed by atoms with Crippen molar-refractivity contribution in [2.24, 2.45) is 0 Å². The van der Waals surface area contributed by atoms with Crippen molar-refractivity contribution >= 4 is 11.5 Å². The van der Waals surface area contributed by atoms with Gasteiger partial charge >= 0.3 is 0 Å². The molecule has 1 aliphatic rings. The van der Waals surface area contributed by atoms with Gasteiger partial charge < -0.3 is 9.64 Å². The van der Waals surface area contributed by atoms with Crippen LogP contribution in [-0.4, -0.2) is 36.1 Å². The summed E-state index contributed by atoms with van der Waals surface area (Å²) in [6, 6.07) is 3.78. The van der Waals surface area contributed by atoms with E-state index in [0.29, 0.717) is 12.1 Å². The zero-order valence-corrected chi connectivity index (χ0v) is 11.2. The fraction of sp³-hybridized carbons (Fsp3) is 0.571. The van der Waals surface area contributed by atoms with Crippen molar-refractivity contribution in [3.05, 3.63) is 24.0 Å². The van der Waals surface area contributed by atoms with Crippen LogP contribution in [0.15, 0.2) is 18.3 Å². The first-order valence-electron chi connectivity index (χ1n) is 6.49. The maximum Gasteiger partial charge on any atom is 0.180 e. The van der Waals surface area contributed by atoms with Crippen molar-refractivity contribution in [3.63, 3.8) is 0 Å². The molecule has 18 heavy (non-hydrogen) atoms. The number of morpholine rings is 1. The summed E-state index contributed by atoms with van der Waals surface area (Å²) < 4.78 is 5.70. The maximum absolute atomic E-state index is 11.5. The van der Waals surface area contributed by atoms with Crippen LogP contribution in [0.2, 0.25) is 0 Å². The molecule has 0 aromatic carbocycles. The third-order valence-electron chi connectivity index (χ3n) is 3.14. The number of carbonyl (C=O) groups excluding carboxylic acids is 1. The minimum absolute atomic E-state index is 0.0882. The largest absolute Gasteiger partial charge is 0.372 e. The molecule has 0 saturated carbocycles. The highest BCUT2D eigenvalue weighted by Gasteiger charge is 2.22. The van der Waals surface area contributed by atoms with E-state index in [9.17, 15) is 4.79 Å². The second kappa shape index (κ2) is 5.48. The van der Waals surface area contributed by atoms with Gasteiger partial charge in [-0.3, -0.25) is 9.78 Å². The van der Waals surface area contributed by atoms with Crippen molar-refractivity contribution in [2.75, 3.05) is 18.0 Å². The van der Waals surface area contributed by atoms with E-state index in [0.717, 1.165) is 18.8 Å². The van der Waals surface area contributed by atoms with Gasteiger partial charge in [0, 0.05) is 19.5 Å². The van der Waals surface area contributed by atoms with Crippen LogP contribution < -0.4 is 4.90 Å². The van der Waals surface area contributed by atoms with Crippen LogP contribution >= 0.6 is 0 Å². The van der Waals surface area contributed by atoms with Crippen molar-refractivity contribution in [2.45, 2.75) is 39.4 Å². The first kappa shape index (κ1) is 13.0. The SMILES string of the molecule is CCC(=O)c1ccc(N2CC(C)OC(C)C2)cn1. The zero-order chi connectivity index (χ0) is 13.1. The van der Waals surface area contributed by atoms with Crippen molar-refractivity contribution in [1.29, 1.82) is 0 Å². The summed E-state index contributed by atoms with van der Waals surface area (Å²) in [5.74, 6) is 0.0882. The van der Waals surface area contributed by atoms with Gasteiger partial charge in [0.1, 0.15) is 5.69 Å². The molecule has 2 rings (SSSR count). The molecule has 4 heteroatoms. The quantitative estimate of drug-likeness (QED) is 0.770. The average molecular weight is 248 g/mol. The topological polar surface area (TPSA) is 42.4 Å². The lowest BCUT2D eigenvalue weighted by molar-refractivity contribution is -0.00523. The number of anilines is 1. The predicted octanol–water partition coefficient (Wildman–Crippen LogP) is 2.29. The average Bonchev–Trinajstić information content (AvgIpc) is 2.37. The first-order chi connectivity index (χ1) is 8.60. The number of Topliss-reactive ketones (excluding diaryl/α,β-unsaturated/α-hetero) is 1. The van der Waals surface area contributed by atoms with Gasteiger partial charge in [0.05, 0.1) is 24.1 Å². The third kappa shape index (κ3) is 2.88. The number of hydrogen-bond acceptors (Lipinski definition) is 4. The molecule has 0 N–H and O–H groups in total. The molecule has 1 saturated heterocycles. The normalized spacial score (nSPS) is 24.1. The minimum atomic E-state index is 0.0882. The molecule has 1 aliphatic heterocycles. The summed E-state index contributed by atoms with van der Waals surface area (Å²) in [6.45, 7) is 7.74. The zero-order valence-electron chi connectivity index (χ0n) is 11.2. The molecule has 2 unspecified atom stereocenters. The van der Waals surface area contributed by atoms with Crippen LogP contribution in [0.3, 0.4) is 0 Å². The Labute approximate surface area is 108 Å². The van der Waals surface area contributed by atoms with Crippen LogP contribution in [0.25, 0.3) is 0 Å². The van der Waals surface area contributed by atoms with Gasteiger partial charge in [-0.2, -0.15) is 0 Å². The number of ether oxygens (including phenoxy) is 1. The van der Waals surface area contributed by atoms with E-state index in [4.69, 9.17) is 4.74 Å². The molecule has 2 heterocycles. The lowest BCUT2D eigenvalue weighted by Crippen LogP contribution is -2.45. The molecular formula is C14H20N2O2. The first-order valence-corrected chi connectivity index (χ1v) is 6.49. The number of pyridine rings is 1. The van der Waals surface area contributed by atoms with E-state index in [-0.39, 0.29) is 18.0 Å². The Bertz CT molecular complexity index is 406. The number of carbonyl (C=O) groups is 1. The molecule has 0 aliphatic carbocycles. The number of hydrogen-bond donors (Lipinski definition) is 0. The van der Waals surface area contributed by atoms with Gasteiger partial charge in [-0.05, 0) is 26.0 Å². The van der Waals surface area contributed by atoms with Gasteiger partial charge in [-0.15, -0.1) is 0 Å². The van der Waals surface area contributed by atoms with Crippen LogP contribution in [0, 0.1) is 0 Å². The van der Waals surface area contributed by atoms with Gasteiger partial charge in [0.25, 0.3) is 0 Å². The van der Waals surface area contributed by atoms with Gasteiger partial charge in [-0.25, -0.2) is 0 Å². The molecule has 0 radical (unpaired) electrons. The standard InChI is InChI=1S/C14H20N2O2/c1-4-14(17)13-6-5-12(7-15-13)16-8-10(2)18-11(3)9-16/h5-7,10-11H,4,8-9H2,1-3H3. The van der Waals surface area contributed by atoms with Crippen LogP contribution in [0.5, 0.6) is 0 Å². The summed E-state index contributed by atoms with van der Waals surface area (Å²) in [4.78, 5) is 18.0. The fourth-order valence-corrected chi connectivity index (χ4v) is 2.31. The van der Waals surface area contributed by atoms with E-state index in [1.165, 1.54) is 0 Å². The monoisotopic (exact) mass is 248 g/mol. The summed E-state index contributed by atoms with van der Waals surface area (Å²) in [5, 5.41) is 0. The fourth-order valence-electron chi connectivity index (χ4n) is 2.31. The lowest BCUT2D eigenvalue weighted by atomic mass is 10.2.